The molecule has 1 aliphatic carbocycles. The van der Waals surface area contributed by atoms with Crippen molar-refractivity contribution < 1.29 is 9.53 Å². The Hall–Kier alpha value is -0.730. The predicted molar refractivity (Wildman–Crippen MR) is 51.6 cm³/mol. The molecular weight excluding hydrogens is 166 g/mol. The standard InChI is InChI=1S/C10H19NO2/c1-4-5-8-6-9(8)11-10(12)13-7(2)3/h7-9H,4-6H2,1-3H3,(H,11,12). The Kier molecular flexibility index (Phi) is 3.58. The third-order valence-electron chi connectivity index (χ3n) is 2.23. The van der Waals surface area contributed by atoms with Gasteiger partial charge < -0.3 is 10.1 Å². The van der Waals surface area contributed by atoms with Crippen molar-refractivity contribution in [3.8, 4) is 0 Å². The summed E-state index contributed by atoms with van der Waals surface area (Å²) in [7, 11) is 0. The van der Waals surface area contributed by atoms with Crippen LogP contribution in [-0.4, -0.2) is 18.2 Å². The molecule has 0 heterocycles. The lowest BCUT2D eigenvalue weighted by Crippen LogP contribution is -2.29. The second kappa shape index (κ2) is 4.49. The minimum Gasteiger partial charge on any atom is -0.447 e. The summed E-state index contributed by atoms with van der Waals surface area (Å²) in [5, 5.41) is 2.86. The van der Waals surface area contributed by atoms with Gasteiger partial charge in [0.2, 0.25) is 0 Å². The highest BCUT2D eigenvalue weighted by Crippen LogP contribution is 2.34. The summed E-state index contributed by atoms with van der Waals surface area (Å²) in [5.41, 5.74) is 0. The smallest absolute Gasteiger partial charge is 0.407 e. The van der Waals surface area contributed by atoms with Crippen molar-refractivity contribution in [3.63, 3.8) is 0 Å². The highest BCUT2D eigenvalue weighted by Gasteiger charge is 2.37. The fourth-order valence-electron chi connectivity index (χ4n) is 1.51. The van der Waals surface area contributed by atoms with E-state index in [1.165, 1.54) is 12.8 Å². The summed E-state index contributed by atoms with van der Waals surface area (Å²) in [6.07, 6.45) is 3.25. The zero-order chi connectivity index (χ0) is 9.84. The predicted octanol–water partition coefficient (Wildman–Crippen LogP) is 2.31. The minimum absolute atomic E-state index is 0.0247. The van der Waals surface area contributed by atoms with Gasteiger partial charge in [-0.1, -0.05) is 13.3 Å². The Bertz CT molecular complexity index is 180. The lowest BCUT2D eigenvalue weighted by molar-refractivity contribution is 0.114. The largest absolute Gasteiger partial charge is 0.447 e. The van der Waals surface area contributed by atoms with Crippen LogP contribution in [0.4, 0.5) is 4.79 Å². The number of hydrogen-bond acceptors (Lipinski definition) is 2. The highest BCUT2D eigenvalue weighted by atomic mass is 16.6. The topological polar surface area (TPSA) is 38.3 Å². The molecular formula is C10H19NO2. The molecule has 3 heteroatoms. The Morgan fingerprint density at radius 3 is 2.85 bits per heavy atom. The summed E-state index contributed by atoms with van der Waals surface area (Å²) >= 11 is 0. The van der Waals surface area contributed by atoms with E-state index in [1.807, 2.05) is 13.8 Å². The first-order valence-electron chi connectivity index (χ1n) is 5.10. The molecule has 1 amide bonds. The zero-order valence-electron chi connectivity index (χ0n) is 8.67. The van der Waals surface area contributed by atoms with Crippen LogP contribution in [0.3, 0.4) is 0 Å². The van der Waals surface area contributed by atoms with Crippen molar-refractivity contribution in [1.82, 2.24) is 5.32 Å². The van der Waals surface area contributed by atoms with Crippen molar-refractivity contribution in [2.24, 2.45) is 5.92 Å². The van der Waals surface area contributed by atoms with Crippen LogP contribution in [-0.2, 0) is 4.74 Å². The Labute approximate surface area is 79.8 Å². The molecule has 1 saturated carbocycles. The summed E-state index contributed by atoms with van der Waals surface area (Å²) in [5.74, 6) is 0.699. The molecule has 0 aromatic carbocycles. The Morgan fingerprint density at radius 1 is 1.62 bits per heavy atom. The average molecular weight is 185 g/mol. The number of rotatable bonds is 4. The second-order valence-electron chi connectivity index (χ2n) is 3.99. The van der Waals surface area contributed by atoms with Crippen molar-refractivity contribution in [3.05, 3.63) is 0 Å². The first kappa shape index (κ1) is 10.4. The maximum absolute atomic E-state index is 11.1. The van der Waals surface area contributed by atoms with Crippen LogP contribution < -0.4 is 5.32 Å². The Balaban J connectivity index is 2.10. The molecule has 1 aliphatic rings. The second-order valence-corrected chi connectivity index (χ2v) is 3.99. The van der Waals surface area contributed by atoms with Crippen LogP contribution in [0.5, 0.6) is 0 Å². The summed E-state index contributed by atoms with van der Waals surface area (Å²) in [4.78, 5) is 11.1. The van der Waals surface area contributed by atoms with Gasteiger partial charge in [-0.15, -0.1) is 0 Å². The van der Waals surface area contributed by atoms with Gasteiger partial charge in [-0.3, -0.25) is 0 Å². The average Bonchev–Trinajstić information content (AvgIpc) is 2.66. The third kappa shape index (κ3) is 3.66. The number of carbonyl (C=O) groups excluding carboxylic acids is 1. The van der Waals surface area contributed by atoms with Crippen LogP contribution in [0, 0.1) is 5.92 Å². The normalized spacial score (nSPS) is 25.8. The molecule has 3 nitrogen and oxygen atoms in total. The van der Waals surface area contributed by atoms with E-state index in [-0.39, 0.29) is 12.2 Å². The van der Waals surface area contributed by atoms with Crippen LogP contribution in [0.1, 0.15) is 40.0 Å². The SMILES string of the molecule is CCCC1CC1NC(=O)OC(C)C. The molecule has 0 bridgehead atoms. The number of nitrogens with one attached hydrogen (secondary N) is 1. The van der Waals surface area contributed by atoms with E-state index in [4.69, 9.17) is 4.74 Å². The van der Waals surface area contributed by atoms with E-state index < -0.39 is 0 Å². The van der Waals surface area contributed by atoms with Gasteiger partial charge in [0.05, 0.1) is 6.10 Å². The third-order valence-corrected chi connectivity index (χ3v) is 2.23. The van der Waals surface area contributed by atoms with Crippen LogP contribution in [0.15, 0.2) is 0 Å². The zero-order valence-corrected chi connectivity index (χ0v) is 8.67. The van der Waals surface area contributed by atoms with Crippen LogP contribution in [0.2, 0.25) is 0 Å². The van der Waals surface area contributed by atoms with Gasteiger partial charge in [-0.25, -0.2) is 4.79 Å². The van der Waals surface area contributed by atoms with Gasteiger partial charge >= 0.3 is 6.09 Å². The molecule has 76 valence electrons. The van der Waals surface area contributed by atoms with Crippen LogP contribution >= 0.6 is 0 Å². The molecule has 1 fully saturated rings. The van der Waals surface area contributed by atoms with E-state index in [9.17, 15) is 4.79 Å². The van der Waals surface area contributed by atoms with Gasteiger partial charge in [0, 0.05) is 6.04 Å². The quantitative estimate of drug-likeness (QED) is 0.730. The summed E-state index contributed by atoms with van der Waals surface area (Å²) in [6, 6.07) is 0.381. The van der Waals surface area contributed by atoms with E-state index in [0.717, 1.165) is 6.42 Å². The molecule has 1 rings (SSSR count). The van der Waals surface area contributed by atoms with E-state index >= 15 is 0 Å². The Morgan fingerprint density at radius 2 is 2.31 bits per heavy atom. The summed E-state index contributed by atoms with van der Waals surface area (Å²) in [6.45, 7) is 5.88. The monoisotopic (exact) mass is 185 g/mol. The molecule has 0 radical (unpaired) electrons. The van der Waals surface area contributed by atoms with Gasteiger partial charge in [-0.2, -0.15) is 0 Å². The molecule has 2 atom stereocenters. The van der Waals surface area contributed by atoms with Crippen LogP contribution in [0.25, 0.3) is 0 Å². The van der Waals surface area contributed by atoms with E-state index in [0.29, 0.717) is 12.0 Å². The molecule has 0 aromatic rings. The number of alkyl carbamates (subject to hydrolysis) is 1. The minimum atomic E-state index is -0.265. The molecule has 0 aromatic heterocycles. The lowest BCUT2D eigenvalue weighted by atomic mass is 10.2. The number of hydrogen-bond donors (Lipinski definition) is 1. The first-order valence-corrected chi connectivity index (χ1v) is 5.10. The first-order chi connectivity index (χ1) is 6.13. The molecule has 0 saturated heterocycles. The van der Waals surface area contributed by atoms with Crippen molar-refractivity contribution in [2.75, 3.05) is 0 Å². The molecule has 0 aliphatic heterocycles. The maximum atomic E-state index is 11.1. The van der Waals surface area contributed by atoms with Crippen molar-refractivity contribution >= 4 is 6.09 Å². The molecule has 2 unspecified atom stereocenters. The molecule has 0 spiro atoms. The van der Waals surface area contributed by atoms with Gasteiger partial charge in [0.15, 0.2) is 0 Å². The number of amides is 1. The highest BCUT2D eigenvalue weighted by molar-refractivity contribution is 5.68. The van der Waals surface area contributed by atoms with E-state index in [1.54, 1.807) is 0 Å². The van der Waals surface area contributed by atoms with E-state index in [2.05, 4.69) is 12.2 Å². The van der Waals surface area contributed by atoms with Gasteiger partial charge in [-0.05, 0) is 32.6 Å². The molecule has 1 N–H and O–H groups in total. The summed E-state index contributed by atoms with van der Waals surface area (Å²) < 4.78 is 4.98. The van der Waals surface area contributed by atoms with Gasteiger partial charge in [0.1, 0.15) is 0 Å². The lowest BCUT2D eigenvalue weighted by Gasteiger charge is -2.08. The number of carbonyl (C=O) groups is 1. The number of ether oxygens (including phenoxy) is 1. The molecule has 13 heavy (non-hydrogen) atoms. The fourth-order valence-corrected chi connectivity index (χ4v) is 1.51. The van der Waals surface area contributed by atoms with Crippen molar-refractivity contribution in [2.45, 2.75) is 52.2 Å². The fraction of sp³-hybridized carbons (Fsp3) is 0.900. The van der Waals surface area contributed by atoms with Crippen molar-refractivity contribution in [1.29, 1.82) is 0 Å². The maximum Gasteiger partial charge on any atom is 0.407 e. The van der Waals surface area contributed by atoms with Gasteiger partial charge in [0.25, 0.3) is 0 Å².